The summed E-state index contributed by atoms with van der Waals surface area (Å²) < 4.78 is 0. The summed E-state index contributed by atoms with van der Waals surface area (Å²) in [4.78, 5) is 0. The Balaban J connectivity index is 0. The van der Waals surface area contributed by atoms with E-state index in [0.29, 0.717) is 0 Å². The van der Waals surface area contributed by atoms with Crippen LogP contribution in [-0.4, -0.2) is 0 Å². The van der Waals surface area contributed by atoms with E-state index in [2.05, 4.69) is 0 Å². The van der Waals surface area contributed by atoms with Crippen LogP contribution in [0.2, 0.25) is 0 Å². The van der Waals surface area contributed by atoms with Crippen molar-refractivity contribution < 1.29 is 0 Å². The molecule has 0 bridgehead atoms. The smallest absolute Gasteiger partial charge is 0 e. The van der Waals surface area contributed by atoms with Gasteiger partial charge in [-0.25, -0.2) is 0 Å². The summed E-state index contributed by atoms with van der Waals surface area (Å²) >= 11 is 0. The van der Waals surface area contributed by atoms with Crippen LogP contribution >= 0.6 is 0 Å². The fourth-order valence-corrected chi connectivity index (χ4v) is 0. The molecule has 0 aliphatic heterocycles. The van der Waals surface area contributed by atoms with Crippen molar-refractivity contribution in [3.63, 3.8) is 0 Å². The second-order valence-electron chi connectivity index (χ2n) is 0. The predicted molar refractivity (Wildman–Crippen MR) is 0 cm³/mol. The van der Waals surface area contributed by atoms with Crippen LogP contribution in [0.15, 0.2) is 0 Å². The average Bonchev–Trinajstić information content (AvgIpc) is 0. The minimum atomic E-state index is 0. The van der Waals surface area contributed by atoms with Crippen molar-refractivity contribution in [3.05, 3.63) is 0 Å². The molecule has 0 rings (SSSR count). The van der Waals surface area contributed by atoms with Crippen LogP contribution < -0.4 is 0 Å². The van der Waals surface area contributed by atoms with Gasteiger partial charge < -0.3 is 0 Å². The van der Waals surface area contributed by atoms with E-state index in [-0.39, 0.29) is 0 Å². The molecule has 0 aromatic carbocycles. The summed E-state index contributed by atoms with van der Waals surface area (Å²) in [5.74, 6) is 0. The first kappa shape index (κ1) is 0. The van der Waals surface area contributed by atoms with E-state index in [1.807, 2.05) is 0 Å². The normalized spacial score (nSPS) is 0. The predicted octanol–water partition coefficient (Wildman–Crippen LogP) is 0. The Morgan fingerprint density at radius 2 is 0.0370 bits per heavy atom. The molecule has 0 saturated carbocycles. The van der Waals surface area contributed by atoms with E-state index in [9.17, 15) is 0 Å². The van der Waals surface area contributed by atoms with Crippen LogP contribution in [0.4, 0.5) is 0 Å². The van der Waals surface area contributed by atoms with Crippen molar-refractivity contribution in [2.45, 2.75) is 0 Å². The summed E-state index contributed by atoms with van der Waals surface area (Å²) in [6.07, 6.45) is 0. The first-order valence-corrected chi connectivity index (χ1v) is 0. The fourth-order valence-electron chi connectivity index (χ4n) is 0. The van der Waals surface area contributed by atoms with E-state index in [1.165, 1.54) is 0 Å². The van der Waals surface area contributed by atoms with Crippen LogP contribution in [0.25, 0.3) is 0 Å². The van der Waals surface area contributed by atoms with Crippen molar-refractivity contribution in [2.24, 2.45) is 0 Å². The summed E-state index contributed by atoms with van der Waals surface area (Å²) in [5.41, 5.74) is 0. The number of hydrogen-bond donors (Lipinski definition) is 0. The molecule has 0 aliphatic carbocycles. The van der Waals surface area contributed by atoms with Crippen LogP contribution in [0.3, 0.4) is 0 Å². The van der Waals surface area contributed by atoms with E-state index >= 15 is 0 Å². The van der Waals surface area contributed by atoms with Gasteiger partial charge in [-0.05, 0) is 0 Å². The Hall–Kier alpha value is -27.0. The first-order valence-electron chi connectivity index (χ1n) is 0. The Morgan fingerprint density at radius 1 is 0.0370 bits per heavy atom. The van der Waals surface area contributed by atoms with Gasteiger partial charge >= 0.3 is 0 Å². The molecule has 0 atom stereocenters. The van der Waals surface area contributed by atoms with E-state index < -0.39 is 0 Å². The van der Waals surface area contributed by atoms with Crippen LogP contribution in [-0.2, 0) is 0 Å². The first-order chi connectivity index (χ1) is 0. The zero-order chi connectivity index (χ0) is 0. The molecule has 27 heteroatoms. The summed E-state index contributed by atoms with van der Waals surface area (Å²) in [6.45, 7) is 0. The molecule has 0 saturated heterocycles. The van der Waals surface area contributed by atoms with Crippen molar-refractivity contribution in [3.8, 4) is 0 Å². The van der Waals surface area contributed by atoms with Crippen molar-refractivity contribution in [1.82, 2.24) is 0 Å². The van der Waals surface area contributed by atoms with Gasteiger partial charge in [0.25, 0.3) is 0 Å². The molecular weight excluding hydrogens is 7210 g/mol. The number of hydrogen-bond acceptors (Lipinski definition) is 0. The quantitative estimate of drug-likeness (QED) is 0.321. The van der Waals surface area contributed by atoms with Crippen molar-refractivity contribution in [1.29, 1.82) is 0 Å². The van der Waals surface area contributed by atoms with Crippen molar-refractivity contribution >= 4 is 0 Å². The van der Waals surface area contributed by atoms with Crippen molar-refractivity contribution in [2.75, 3.05) is 0 Å². The topological polar surface area (TPSA) is 0 Å². The van der Waals surface area contributed by atoms with Gasteiger partial charge in [0.2, 0.25) is 0 Å². The molecule has 0 aromatic heterocycles. The number of rotatable bonds is 0. The van der Waals surface area contributed by atoms with Crippen LogP contribution in [0, 0.1) is 0 Å². The van der Waals surface area contributed by atoms with Gasteiger partial charge in [0, 0.05) is 0 Å². The minimum absolute atomic E-state index is 0. The van der Waals surface area contributed by atoms with E-state index in [4.69, 9.17) is 0 Å². The summed E-state index contributed by atoms with van der Waals surface area (Å²) in [6, 6.07) is 0. The van der Waals surface area contributed by atoms with Gasteiger partial charge in [0.1, 0.15) is 0 Å². The molecule has 0 amide bonds. The van der Waals surface area contributed by atoms with Gasteiger partial charge in [-0.1, -0.05) is 0 Å². The van der Waals surface area contributed by atoms with E-state index in [1.54, 1.807) is 0 Å². The minimum Gasteiger partial charge on any atom is 0 e. The second kappa shape index (κ2) is -0.00549. The fraction of sp³-hybridized carbons (Fsp3) is 0. The standard InChI is InChI=1S/27Rf. The third-order valence-electron chi connectivity index (χ3n) is 0. The van der Waals surface area contributed by atoms with Crippen LogP contribution in [0.1, 0.15) is 0 Å². The largest absolute Gasteiger partial charge is 0 e. The Morgan fingerprint density at radius 3 is 0.0370 bits per heavy atom. The molecule has 0 N–H and O–H groups in total. The molecule has 0 aromatic rings. The molecule has 0 unspecified atom stereocenters. The molecule has 0 nitrogen and oxygen atoms in total. The van der Waals surface area contributed by atoms with E-state index in [0.717, 1.165) is 0 Å². The molecule has 54 valence electrons. The summed E-state index contributed by atoms with van der Waals surface area (Å²) in [7, 11) is 0. The molecular formula is Rf27. The van der Waals surface area contributed by atoms with Gasteiger partial charge in [-0.3, -0.25) is 0 Å². The maximum atomic E-state index is 0. The van der Waals surface area contributed by atoms with Gasteiger partial charge in [0.05, 0.1) is 0 Å². The molecule has 0 aliphatic rings. The molecule has 0 spiro atoms. The van der Waals surface area contributed by atoms with Gasteiger partial charge in [0.15, 0.2) is 0 Å². The zero-order valence-corrected chi connectivity index (χ0v) is 192. The molecule has 27 heavy (non-hydrogen) atoms. The molecule has 0 radical (unpaired) electrons. The third kappa shape index (κ3) is -0.0123. The Labute approximate surface area is 0 Å². The van der Waals surface area contributed by atoms with Gasteiger partial charge in [-0.15, -0.1) is 0 Å². The maximum absolute atomic E-state index is 0. The SMILES string of the molecule is [Rf].[Rf].[Rf].[Rf].[Rf].[Rf].[Rf].[Rf].[Rf].[Rf].[Rf].[Rf].[Rf].[Rf].[Rf].[Rf].[Rf].[Rf].[Rf].[Rf].[Rf].[Rf].[Rf].[Rf].[Rf].[Rf].[Rf]. The average molecular weight is 7210 g/mol. The van der Waals surface area contributed by atoms with Gasteiger partial charge in [-0.2, -0.15) is 0 Å². The zero-order valence-electron chi connectivity index (χ0n) is 19.1. The Kier molecular flexibility index (Phi) is 0. The monoisotopic (exact) mass is 7210 g/mol. The Bertz CT molecular complexity index is 0. The van der Waals surface area contributed by atoms with Crippen LogP contribution in [0.5, 0.6) is 0 Å². The summed E-state index contributed by atoms with van der Waals surface area (Å²) in [5, 5.41) is 0. The molecule has 0 heterocycles. The maximum Gasteiger partial charge on any atom is 0 e. The third-order valence-corrected chi connectivity index (χ3v) is 0. The second-order valence-corrected chi connectivity index (χ2v) is 0. The molecule has 0 fully saturated rings.